The molecule has 3 nitrogen and oxygen atoms in total. The molecule has 1 aromatic heterocycles. The van der Waals surface area contributed by atoms with Crippen molar-refractivity contribution in [2.75, 3.05) is 18.5 Å². The van der Waals surface area contributed by atoms with Crippen LogP contribution in [0.3, 0.4) is 0 Å². The standard InChI is InChI=1S/C16H27N3/c1-12(2)19(13(3)4)16-14(8-6-10-17-16)15-9-7-11-18(15)5/h6,8,10,12-13,15H,7,9,11H2,1-5H3/t15-/m0/s1. The number of hydrogen-bond acceptors (Lipinski definition) is 3. The molecule has 1 aliphatic heterocycles. The van der Waals surface area contributed by atoms with E-state index in [1.165, 1.54) is 30.8 Å². The summed E-state index contributed by atoms with van der Waals surface area (Å²) >= 11 is 0. The molecule has 0 aromatic carbocycles. The molecule has 0 unspecified atom stereocenters. The van der Waals surface area contributed by atoms with Crippen molar-refractivity contribution in [1.82, 2.24) is 9.88 Å². The molecule has 19 heavy (non-hydrogen) atoms. The van der Waals surface area contributed by atoms with Crippen LogP contribution in [0.1, 0.15) is 52.1 Å². The number of nitrogens with zero attached hydrogens (tertiary/aromatic N) is 3. The minimum absolute atomic E-state index is 0.473. The van der Waals surface area contributed by atoms with Crippen LogP contribution in [0.15, 0.2) is 18.3 Å². The van der Waals surface area contributed by atoms with Gasteiger partial charge in [-0.1, -0.05) is 6.07 Å². The molecule has 2 heterocycles. The van der Waals surface area contributed by atoms with Gasteiger partial charge in [-0.05, 0) is 60.2 Å². The van der Waals surface area contributed by atoms with Crippen molar-refractivity contribution < 1.29 is 0 Å². The Bertz CT molecular complexity index is 406. The second kappa shape index (κ2) is 5.91. The maximum Gasteiger partial charge on any atom is 0.133 e. The third-order valence-corrected chi connectivity index (χ3v) is 4.05. The lowest BCUT2D eigenvalue weighted by atomic mass is 10.0. The number of anilines is 1. The zero-order valence-electron chi connectivity index (χ0n) is 12.9. The molecule has 1 fully saturated rings. The van der Waals surface area contributed by atoms with Crippen molar-refractivity contribution in [3.8, 4) is 0 Å². The van der Waals surface area contributed by atoms with Crippen LogP contribution in [0.25, 0.3) is 0 Å². The first kappa shape index (κ1) is 14.3. The molecule has 106 valence electrons. The molecule has 0 N–H and O–H groups in total. The van der Waals surface area contributed by atoms with Gasteiger partial charge in [0.1, 0.15) is 5.82 Å². The summed E-state index contributed by atoms with van der Waals surface area (Å²) < 4.78 is 0. The molecule has 0 amide bonds. The monoisotopic (exact) mass is 261 g/mol. The second-order valence-corrected chi connectivity index (χ2v) is 6.15. The summed E-state index contributed by atoms with van der Waals surface area (Å²) in [7, 11) is 2.23. The highest BCUT2D eigenvalue weighted by molar-refractivity contribution is 5.50. The molecule has 2 rings (SSSR count). The van der Waals surface area contributed by atoms with Crippen molar-refractivity contribution >= 4 is 5.82 Å². The third-order valence-electron chi connectivity index (χ3n) is 4.05. The van der Waals surface area contributed by atoms with Gasteiger partial charge in [0.05, 0.1) is 0 Å². The topological polar surface area (TPSA) is 19.4 Å². The minimum atomic E-state index is 0.473. The third kappa shape index (κ3) is 2.92. The lowest BCUT2D eigenvalue weighted by Gasteiger charge is -2.35. The maximum atomic E-state index is 4.70. The first-order valence-electron chi connectivity index (χ1n) is 7.46. The van der Waals surface area contributed by atoms with Crippen molar-refractivity contribution in [3.63, 3.8) is 0 Å². The van der Waals surface area contributed by atoms with Crippen LogP contribution in [0, 0.1) is 0 Å². The Labute approximate surface area is 117 Å². The molecule has 1 aromatic rings. The van der Waals surface area contributed by atoms with E-state index in [1.54, 1.807) is 0 Å². The average molecular weight is 261 g/mol. The van der Waals surface area contributed by atoms with Gasteiger partial charge in [-0.15, -0.1) is 0 Å². The summed E-state index contributed by atoms with van der Waals surface area (Å²) in [5.41, 5.74) is 1.39. The lowest BCUT2D eigenvalue weighted by Crippen LogP contribution is -2.39. The van der Waals surface area contributed by atoms with E-state index in [-0.39, 0.29) is 0 Å². The van der Waals surface area contributed by atoms with Crippen molar-refractivity contribution in [3.05, 3.63) is 23.9 Å². The van der Waals surface area contributed by atoms with Gasteiger partial charge in [0.2, 0.25) is 0 Å². The van der Waals surface area contributed by atoms with E-state index < -0.39 is 0 Å². The van der Waals surface area contributed by atoms with Gasteiger partial charge in [-0.3, -0.25) is 4.90 Å². The van der Waals surface area contributed by atoms with Crippen molar-refractivity contribution in [2.45, 2.75) is 58.7 Å². The quantitative estimate of drug-likeness (QED) is 0.827. The van der Waals surface area contributed by atoms with E-state index in [1.807, 2.05) is 6.20 Å². The van der Waals surface area contributed by atoms with Gasteiger partial charge in [-0.25, -0.2) is 4.98 Å². The molecule has 0 aliphatic carbocycles. The fourth-order valence-corrected chi connectivity index (χ4v) is 3.27. The van der Waals surface area contributed by atoms with Gasteiger partial charge in [0.25, 0.3) is 0 Å². The molecular weight excluding hydrogens is 234 g/mol. The maximum absolute atomic E-state index is 4.70. The van der Waals surface area contributed by atoms with Crippen LogP contribution >= 0.6 is 0 Å². The predicted molar refractivity (Wildman–Crippen MR) is 81.6 cm³/mol. The van der Waals surface area contributed by atoms with Crippen LogP contribution in [0.5, 0.6) is 0 Å². The van der Waals surface area contributed by atoms with Crippen LogP contribution in [0.2, 0.25) is 0 Å². The molecule has 1 aliphatic rings. The van der Waals surface area contributed by atoms with E-state index in [0.29, 0.717) is 18.1 Å². The summed E-state index contributed by atoms with van der Waals surface area (Å²) in [6.07, 6.45) is 4.46. The van der Waals surface area contributed by atoms with Crippen LogP contribution in [-0.2, 0) is 0 Å². The first-order valence-corrected chi connectivity index (χ1v) is 7.46. The summed E-state index contributed by atoms with van der Waals surface area (Å²) in [6, 6.07) is 5.81. The van der Waals surface area contributed by atoms with Crippen molar-refractivity contribution in [1.29, 1.82) is 0 Å². The second-order valence-electron chi connectivity index (χ2n) is 6.15. The summed E-state index contributed by atoms with van der Waals surface area (Å²) in [4.78, 5) is 9.59. The normalized spacial score (nSPS) is 20.5. The number of aromatic nitrogens is 1. The summed E-state index contributed by atoms with van der Waals surface area (Å²) in [5, 5.41) is 0. The van der Waals surface area contributed by atoms with E-state index in [0.717, 1.165) is 0 Å². The van der Waals surface area contributed by atoms with Gasteiger partial charge in [0, 0.05) is 29.9 Å². The zero-order chi connectivity index (χ0) is 14.0. The smallest absolute Gasteiger partial charge is 0.133 e. The molecule has 0 saturated carbocycles. The fourth-order valence-electron chi connectivity index (χ4n) is 3.27. The van der Waals surface area contributed by atoms with E-state index in [9.17, 15) is 0 Å². The van der Waals surface area contributed by atoms with Crippen LogP contribution < -0.4 is 4.90 Å². The van der Waals surface area contributed by atoms with Gasteiger partial charge in [-0.2, -0.15) is 0 Å². The number of pyridine rings is 1. The highest BCUT2D eigenvalue weighted by Crippen LogP contribution is 2.36. The Morgan fingerprint density at radius 1 is 1.26 bits per heavy atom. The predicted octanol–water partition coefficient (Wildman–Crippen LogP) is 3.47. The molecule has 0 bridgehead atoms. The Morgan fingerprint density at radius 3 is 2.47 bits per heavy atom. The van der Waals surface area contributed by atoms with E-state index in [4.69, 9.17) is 4.98 Å². The molecule has 3 heteroatoms. The molecule has 1 atom stereocenters. The van der Waals surface area contributed by atoms with E-state index in [2.05, 4.69) is 56.7 Å². The molecule has 0 radical (unpaired) electrons. The van der Waals surface area contributed by atoms with Crippen LogP contribution in [0.4, 0.5) is 5.82 Å². The minimum Gasteiger partial charge on any atom is -0.351 e. The molecule has 0 spiro atoms. The molecule has 1 saturated heterocycles. The fraction of sp³-hybridized carbons (Fsp3) is 0.688. The highest BCUT2D eigenvalue weighted by atomic mass is 15.2. The Hall–Kier alpha value is -1.09. The number of rotatable bonds is 4. The first-order chi connectivity index (χ1) is 9.02. The van der Waals surface area contributed by atoms with Gasteiger partial charge < -0.3 is 4.90 Å². The highest BCUT2D eigenvalue weighted by Gasteiger charge is 2.28. The van der Waals surface area contributed by atoms with Gasteiger partial charge in [0.15, 0.2) is 0 Å². The Balaban J connectivity index is 2.40. The van der Waals surface area contributed by atoms with Crippen LogP contribution in [-0.4, -0.2) is 35.6 Å². The summed E-state index contributed by atoms with van der Waals surface area (Å²) in [6.45, 7) is 10.2. The average Bonchev–Trinajstić information content (AvgIpc) is 2.75. The Kier molecular flexibility index (Phi) is 4.46. The zero-order valence-corrected chi connectivity index (χ0v) is 12.9. The number of hydrogen-bond donors (Lipinski definition) is 0. The van der Waals surface area contributed by atoms with Gasteiger partial charge >= 0.3 is 0 Å². The van der Waals surface area contributed by atoms with Crippen molar-refractivity contribution in [2.24, 2.45) is 0 Å². The summed E-state index contributed by atoms with van der Waals surface area (Å²) in [5.74, 6) is 1.17. The van der Waals surface area contributed by atoms with E-state index >= 15 is 0 Å². The Morgan fingerprint density at radius 2 is 1.95 bits per heavy atom. The largest absolute Gasteiger partial charge is 0.351 e. The number of likely N-dealkylation sites (tertiary alicyclic amines) is 1. The SMILES string of the molecule is CC(C)N(c1ncccc1[C@@H]1CCCN1C)C(C)C. The molecular formula is C16H27N3. The lowest BCUT2D eigenvalue weighted by molar-refractivity contribution is 0.316.